The highest BCUT2D eigenvalue weighted by molar-refractivity contribution is 7.99. The van der Waals surface area contributed by atoms with Gasteiger partial charge in [0, 0.05) is 22.6 Å². The maximum atomic E-state index is 11.2. The number of fused-ring (bicyclic) bond motifs is 1. The number of hydrogen-bond donors (Lipinski definition) is 1. The normalized spacial score (nSPS) is 11.5. The Labute approximate surface area is 181 Å². The summed E-state index contributed by atoms with van der Waals surface area (Å²) in [4.78, 5) is 16.2. The van der Waals surface area contributed by atoms with E-state index < -0.39 is 5.97 Å². The van der Waals surface area contributed by atoms with Crippen LogP contribution in [0.3, 0.4) is 0 Å². The third kappa shape index (κ3) is 3.73. The van der Waals surface area contributed by atoms with Crippen molar-refractivity contribution in [2.24, 2.45) is 0 Å². The first-order valence-electron chi connectivity index (χ1n) is 8.77. The number of hydrogen-bond acceptors (Lipinski definition) is 4. The van der Waals surface area contributed by atoms with Crippen LogP contribution in [0.5, 0.6) is 0 Å². The van der Waals surface area contributed by atoms with E-state index in [1.54, 1.807) is 24.4 Å². The van der Waals surface area contributed by atoms with Crippen molar-refractivity contribution in [2.75, 3.05) is 0 Å². The minimum Gasteiger partial charge on any atom is -0.477 e. The molecule has 29 heavy (non-hydrogen) atoms. The van der Waals surface area contributed by atoms with E-state index in [-0.39, 0.29) is 11.7 Å². The quantitative estimate of drug-likeness (QED) is 0.409. The predicted molar refractivity (Wildman–Crippen MR) is 115 cm³/mol. The molecule has 4 aromatic rings. The van der Waals surface area contributed by atoms with Gasteiger partial charge in [0.1, 0.15) is 15.9 Å². The third-order valence-electron chi connectivity index (χ3n) is 4.35. The Hall–Kier alpha value is -2.48. The van der Waals surface area contributed by atoms with Crippen molar-refractivity contribution in [3.63, 3.8) is 0 Å². The molecular weight excluding hydrogens is 431 g/mol. The van der Waals surface area contributed by atoms with Gasteiger partial charge in [0.2, 0.25) is 0 Å². The molecule has 6 nitrogen and oxygen atoms in total. The molecular formula is C20H16Cl2N4O2S. The van der Waals surface area contributed by atoms with Crippen molar-refractivity contribution in [3.05, 3.63) is 64.7 Å². The second-order valence-electron chi connectivity index (χ2n) is 6.66. The summed E-state index contributed by atoms with van der Waals surface area (Å²) in [6.07, 6.45) is 3.68. The molecule has 0 aliphatic heterocycles. The number of carbonyl (C=O) groups is 1. The molecule has 148 valence electrons. The number of aromatic carboxylic acids is 1. The molecule has 0 bridgehead atoms. The Morgan fingerprint density at radius 3 is 2.69 bits per heavy atom. The first kappa shape index (κ1) is 19.8. The summed E-state index contributed by atoms with van der Waals surface area (Å²) in [7, 11) is 0. The van der Waals surface area contributed by atoms with Crippen molar-refractivity contribution in [2.45, 2.75) is 29.8 Å². The minimum absolute atomic E-state index is 0.0175. The van der Waals surface area contributed by atoms with E-state index in [1.165, 1.54) is 17.8 Å². The largest absolute Gasteiger partial charge is 0.477 e. The van der Waals surface area contributed by atoms with Gasteiger partial charge in [0.15, 0.2) is 0 Å². The highest BCUT2D eigenvalue weighted by Gasteiger charge is 2.20. The van der Waals surface area contributed by atoms with Crippen LogP contribution in [0.15, 0.2) is 58.7 Å². The van der Waals surface area contributed by atoms with Gasteiger partial charge in [-0.2, -0.15) is 5.10 Å². The lowest BCUT2D eigenvalue weighted by Gasteiger charge is -2.06. The van der Waals surface area contributed by atoms with Crippen LogP contribution in [-0.4, -0.2) is 30.4 Å². The Morgan fingerprint density at radius 2 is 2.00 bits per heavy atom. The van der Waals surface area contributed by atoms with Gasteiger partial charge in [-0.3, -0.25) is 9.25 Å². The van der Waals surface area contributed by atoms with Crippen LogP contribution in [-0.2, 0) is 0 Å². The lowest BCUT2D eigenvalue weighted by molar-refractivity contribution is 0.0689. The van der Waals surface area contributed by atoms with Gasteiger partial charge in [0.05, 0.1) is 22.3 Å². The number of halogens is 2. The van der Waals surface area contributed by atoms with Crippen molar-refractivity contribution < 1.29 is 9.90 Å². The number of benzene rings is 1. The molecule has 3 aromatic heterocycles. The van der Waals surface area contributed by atoms with E-state index in [4.69, 9.17) is 23.2 Å². The van der Waals surface area contributed by atoms with E-state index in [0.717, 1.165) is 21.5 Å². The second-order valence-corrected chi connectivity index (χ2v) is 8.48. The first-order valence-corrected chi connectivity index (χ1v) is 10.3. The predicted octanol–water partition coefficient (Wildman–Crippen LogP) is 5.96. The van der Waals surface area contributed by atoms with Crippen molar-refractivity contribution in [1.29, 1.82) is 0 Å². The molecule has 4 rings (SSSR count). The zero-order valence-corrected chi connectivity index (χ0v) is 17.8. The Morgan fingerprint density at radius 1 is 1.21 bits per heavy atom. The van der Waals surface area contributed by atoms with Crippen LogP contribution in [0.25, 0.3) is 16.6 Å². The highest BCUT2D eigenvalue weighted by atomic mass is 35.5. The summed E-state index contributed by atoms with van der Waals surface area (Å²) >= 11 is 14.4. The van der Waals surface area contributed by atoms with E-state index in [9.17, 15) is 9.90 Å². The summed E-state index contributed by atoms with van der Waals surface area (Å²) in [6, 6.07) is 10.6. The number of pyridine rings is 1. The molecule has 0 atom stereocenters. The average Bonchev–Trinajstić information content (AvgIpc) is 3.25. The number of carboxylic acids is 1. The van der Waals surface area contributed by atoms with E-state index in [0.29, 0.717) is 15.2 Å². The lowest BCUT2D eigenvalue weighted by atomic mass is 10.2. The Bertz CT molecular complexity index is 1230. The van der Waals surface area contributed by atoms with Crippen LogP contribution >= 0.6 is 35.0 Å². The summed E-state index contributed by atoms with van der Waals surface area (Å²) in [5, 5.41) is 16.1. The van der Waals surface area contributed by atoms with E-state index >= 15 is 0 Å². The summed E-state index contributed by atoms with van der Waals surface area (Å²) in [5.74, 6) is -1.08. The smallest absolute Gasteiger partial charge is 0.354 e. The molecule has 1 aromatic carbocycles. The molecule has 0 saturated carbocycles. The molecule has 0 fully saturated rings. The highest BCUT2D eigenvalue weighted by Crippen LogP contribution is 2.42. The molecule has 0 aliphatic rings. The lowest BCUT2D eigenvalue weighted by Crippen LogP contribution is -2.00. The second kappa shape index (κ2) is 7.74. The Kier molecular flexibility index (Phi) is 5.29. The maximum Gasteiger partial charge on any atom is 0.354 e. The van der Waals surface area contributed by atoms with Gasteiger partial charge in [-0.15, -0.1) is 0 Å². The number of rotatable bonds is 5. The summed E-state index contributed by atoms with van der Waals surface area (Å²) in [6.45, 7) is 4.09. The molecule has 0 amide bonds. The van der Waals surface area contributed by atoms with Gasteiger partial charge < -0.3 is 5.11 Å². The maximum absolute atomic E-state index is 11.2. The summed E-state index contributed by atoms with van der Waals surface area (Å²) in [5.41, 5.74) is 1.63. The minimum atomic E-state index is -1.08. The molecule has 1 N–H and O–H groups in total. The fourth-order valence-electron chi connectivity index (χ4n) is 2.97. The number of carboxylic acid groups (broad SMARTS) is 1. The molecule has 0 aliphatic carbocycles. The Balaban J connectivity index is 1.88. The topological polar surface area (TPSA) is 72.9 Å². The van der Waals surface area contributed by atoms with Gasteiger partial charge in [-0.05, 0) is 38.1 Å². The summed E-state index contributed by atoms with van der Waals surface area (Å²) < 4.78 is 3.74. The average molecular weight is 447 g/mol. The molecule has 0 unspecified atom stereocenters. The standard InChI is InChI=1S/C20H16Cl2N4O2S/c1-11(2)25-10-13(9-23-25)26-16-8-12(21)6-7-14(16)18(19(26)22)29-17-5-3-4-15(24-17)20(27)28/h3-11H,1-2H3,(H,27,28). The van der Waals surface area contributed by atoms with Crippen molar-refractivity contribution in [3.8, 4) is 5.69 Å². The van der Waals surface area contributed by atoms with Gasteiger partial charge in [0.25, 0.3) is 0 Å². The van der Waals surface area contributed by atoms with Gasteiger partial charge in [-0.25, -0.2) is 9.78 Å². The fraction of sp³-hybridized carbons (Fsp3) is 0.150. The van der Waals surface area contributed by atoms with Crippen LogP contribution < -0.4 is 0 Å². The van der Waals surface area contributed by atoms with Gasteiger partial charge >= 0.3 is 5.97 Å². The molecule has 3 heterocycles. The molecule has 9 heteroatoms. The molecule has 0 saturated heterocycles. The molecule has 0 spiro atoms. The van der Waals surface area contributed by atoms with Crippen molar-refractivity contribution in [1.82, 2.24) is 19.3 Å². The molecule has 0 radical (unpaired) electrons. The van der Waals surface area contributed by atoms with Crippen LogP contribution in [0.4, 0.5) is 0 Å². The van der Waals surface area contributed by atoms with E-state index in [2.05, 4.69) is 10.1 Å². The number of nitrogens with zero attached hydrogens (tertiary/aromatic N) is 4. The van der Waals surface area contributed by atoms with Gasteiger partial charge in [-0.1, -0.05) is 47.1 Å². The SMILES string of the molecule is CC(C)n1cc(-n2c(Cl)c(Sc3cccc(C(=O)O)n3)c3ccc(Cl)cc32)cn1. The van der Waals surface area contributed by atoms with Crippen molar-refractivity contribution >= 4 is 51.8 Å². The van der Waals surface area contributed by atoms with Crippen LogP contribution in [0.2, 0.25) is 10.2 Å². The van der Waals surface area contributed by atoms with Crippen LogP contribution in [0, 0.1) is 0 Å². The third-order valence-corrected chi connectivity index (χ3v) is 6.11. The van der Waals surface area contributed by atoms with Crippen LogP contribution in [0.1, 0.15) is 30.4 Å². The van der Waals surface area contributed by atoms with E-state index in [1.807, 2.05) is 41.4 Å². The zero-order chi connectivity index (χ0) is 20.7. The first-order chi connectivity index (χ1) is 13.8. The monoisotopic (exact) mass is 446 g/mol. The number of aromatic nitrogens is 4. The fourth-order valence-corrected chi connectivity index (χ4v) is 4.50. The zero-order valence-electron chi connectivity index (χ0n) is 15.5.